The number of aliphatic carboxylic acids is 1. The van der Waals surface area contributed by atoms with Crippen LogP contribution in [0.2, 0.25) is 0 Å². The number of nitrogens with zero attached hydrogens (tertiary/aromatic N) is 1. The third kappa shape index (κ3) is 4.38. The van der Waals surface area contributed by atoms with Crippen LogP contribution in [0, 0.1) is 5.41 Å². The van der Waals surface area contributed by atoms with E-state index in [1.807, 2.05) is 0 Å². The summed E-state index contributed by atoms with van der Waals surface area (Å²) in [6.07, 6.45) is -3.16. The first-order valence-corrected chi connectivity index (χ1v) is 9.52. The molecule has 8 nitrogen and oxygen atoms in total. The second-order valence-electron chi connectivity index (χ2n) is 6.22. The summed E-state index contributed by atoms with van der Waals surface area (Å²) in [4.78, 5) is 24.8. The van der Waals surface area contributed by atoms with Crippen LogP contribution in [0.1, 0.15) is 18.9 Å². The number of carbonyl (C=O) groups is 2. The molecule has 0 spiro atoms. The van der Waals surface area contributed by atoms with Crippen LogP contribution in [0.5, 0.6) is 0 Å². The largest absolute Gasteiger partial charge is 0.523 e. The van der Waals surface area contributed by atoms with Gasteiger partial charge >= 0.3 is 27.7 Å². The smallest absolute Gasteiger partial charge is 0.481 e. The van der Waals surface area contributed by atoms with Crippen LogP contribution < -0.4 is 0 Å². The lowest BCUT2D eigenvalue weighted by atomic mass is 9.82. The Balaban J connectivity index is 2.19. The average molecular weight is 425 g/mol. The van der Waals surface area contributed by atoms with E-state index < -0.39 is 52.3 Å². The molecule has 1 amide bonds. The summed E-state index contributed by atoms with van der Waals surface area (Å²) in [6, 6.07) is 8.51. The third-order valence-electron chi connectivity index (χ3n) is 4.52. The number of carboxylic acid groups (broad SMARTS) is 1. The van der Waals surface area contributed by atoms with Gasteiger partial charge in [-0.3, -0.25) is 8.98 Å². The van der Waals surface area contributed by atoms with Crippen LogP contribution in [0.15, 0.2) is 30.3 Å². The van der Waals surface area contributed by atoms with Gasteiger partial charge in [-0.25, -0.2) is 4.79 Å². The van der Waals surface area contributed by atoms with E-state index >= 15 is 0 Å². The Hall–Kier alpha value is -2.34. The second kappa shape index (κ2) is 7.95. The highest BCUT2D eigenvalue weighted by Gasteiger charge is 2.58. The Morgan fingerprint density at radius 1 is 1.29 bits per heavy atom. The Labute approximate surface area is 159 Å². The van der Waals surface area contributed by atoms with Crippen LogP contribution in [-0.4, -0.2) is 55.2 Å². The topological polar surface area (TPSA) is 110 Å². The Morgan fingerprint density at radius 2 is 1.89 bits per heavy atom. The van der Waals surface area contributed by atoms with Crippen molar-refractivity contribution in [2.45, 2.75) is 31.6 Å². The molecule has 12 heteroatoms. The molecular formula is C16H18F3NO7S. The maximum atomic E-state index is 12.6. The van der Waals surface area contributed by atoms with Gasteiger partial charge in [-0.2, -0.15) is 21.6 Å². The first-order chi connectivity index (χ1) is 12.9. The van der Waals surface area contributed by atoms with Crippen molar-refractivity contribution in [1.82, 2.24) is 4.90 Å². The maximum Gasteiger partial charge on any atom is 0.523 e. The van der Waals surface area contributed by atoms with Crippen molar-refractivity contribution in [3.63, 3.8) is 0 Å². The number of rotatable bonds is 6. The van der Waals surface area contributed by atoms with Crippen LogP contribution in [0.3, 0.4) is 0 Å². The number of hydrogen-bond donors (Lipinski definition) is 1. The van der Waals surface area contributed by atoms with Gasteiger partial charge in [0, 0.05) is 6.54 Å². The van der Waals surface area contributed by atoms with Crippen molar-refractivity contribution >= 4 is 22.2 Å². The SMILES string of the molecule is CCC1(C(=O)O)CN(C(=O)OCc2ccccc2)CC1OS(=O)(=O)C(F)(F)F. The molecular weight excluding hydrogens is 407 g/mol. The highest BCUT2D eigenvalue weighted by molar-refractivity contribution is 7.87. The number of ether oxygens (including phenoxy) is 1. The summed E-state index contributed by atoms with van der Waals surface area (Å²) in [5.74, 6) is -1.57. The number of hydrogen-bond acceptors (Lipinski definition) is 6. The van der Waals surface area contributed by atoms with E-state index in [9.17, 15) is 36.3 Å². The quantitative estimate of drug-likeness (QED) is 0.550. The lowest BCUT2D eigenvalue weighted by molar-refractivity contribution is -0.153. The zero-order valence-electron chi connectivity index (χ0n) is 14.7. The predicted octanol–water partition coefficient (Wildman–Crippen LogP) is 2.35. The maximum absolute atomic E-state index is 12.6. The fraction of sp³-hybridized carbons (Fsp3) is 0.500. The standard InChI is InChI=1S/C16H18F3NO7S/c1-2-15(13(21)22)10-20(8-12(15)27-28(24,25)16(17,18)19)14(23)26-9-11-6-4-3-5-7-11/h3-7,12H,2,8-10H2,1H3,(H,21,22). The van der Waals surface area contributed by atoms with Crippen LogP contribution >= 0.6 is 0 Å². The summed E-state index contributed by atoms with van der Waals surface area (Å²) < 4.78 is 69.9. The molecule has 1 aromatic rings. The van der Waals surface area contributed by atoms with Crippen molar-refractivity contribution in [3.05, 3.63) is 35.9 Å². The minimum absolute atomic E-state index is 0.144. The molecule has 1 N–H and O–H groups in total. The molecule has 2 atom stereocenters. The van der Waals surface area contributed by atoms with Gasteiger partial charge in [-0.1, -0.05) is 37.3 Å². The molecule has 2 rings (SSSR count). The number of likely N-dealkylation sites (tertiary alicyclic amines) is 1. The summed E-state index contributed by atoms with van der Waals surface area (Å²) in [6.45, 7) is -0.0220. The number of carbonyl (C=O) groups excluding carboxylic acids is 1. The van der Waals surface area contributed by atoms with Crippen molar-refractivity contribution < 1.29 is 45.2 Å². The van der Waals surface area contributed by atoms with Gasteiger partial charge in [0.2, 0.25) is 0 Å². The first-order valence-electron chi connectivity index (χ1n) is 8.11. The highest BCUT2D eigenvalue weighted by Crippen LogP contribution is 2.40. The van der Waals surface area contributed by atoms with E-state index in [4.69, 9.17) is 4.74 Å². The van der Waals surface area contributed by atoms with E-state index in [-0.39, 0.29) is 13.0 Å². The third-order valence-corrected chi connectivity index (χ3v) is 5.57. The van der Waals surface area contributed by atoms with Gasteiger partial charge < -0.3 is 14.7 Å². The molecule has 1 saturated heterocycles. The summed E-state index contributed by atoms with van der Waals surface area (Å²) in [7, 11) is -6.04. The van der Waals surface area contributed by atoms with E-state index in [1.54, 1.807) is 30.3 Å². The van der Waals surface area contributed by atoms with Gasteiger partial charge in [-0.05, 0) is 12.0 Å². The Bertz CT molecular complexity index is 828. The van der Waals surface area contributed by atoms with Crippen molar-refractivity contribution in [2.75, 3.05) is 13.1 Å². The summed E-state index contributed by atoms with van der Waals surface area (Å²) in [5, 5.41) is 9.51. The molecule has 0 aromatic heterocycles. The normalized spacial score (nSPS) is 22.9. The minimum Gasteiger partial charge on any atom is -0.481 e. The molecule has 0 saturated carbocycles. The van der Waals surface area contributed by atoms with Gasteiger partial charge in [0.25, 0.3) is 0 Å². The second-order valence-corrected chi connectivity index (χ2v) is 7.78. The predicted molar refractivity (Wildman–Crippen MR) is 88.4 cm³/mol. The number of alkyl halides is 3. The van der Waals surface area contributed by atoms with Gasteiger partial charge in [0.15, 0.2) is 0 Å². The monoisotopic (exact) mass is 425 g/mol. The molecule has 0 radical (unpaired) electrons. The van der Waals surface area contributed by atoms with E-state index in [0.717, 1.165) is 4.90 Å². The van der Waals surface area contributed by atoms with Crippen LogP contribution in [0.25, 0.3) is 0 Å². The summed E-state index contributed by atoms with van der Waals surface area (Å²) >= 11 is 0. The van der Waals surface area contributed by atoms with Crippen molar-refractivity contribution in [1.29, 1.82) is 0 Å². The van der Waals surface area contributed by atoms with E-state index in [1.165, 1.54) is 6.92 Å². The number of benzene rings is 1. The highest BCUT2D eigenvalue weighted by atomic mass is 32.2. The molecule has 1 aromatic carbocycles. The number of amides is 1. The molecule has 1 aliphatic heterocycles. The average Bonchev–Trinajstić information content (AvgIpc) is 2.99. The fourth-order valence-corrected chi connectivity index (χ4v) is 3.52. The zero-order chi connectivity index (χ0) is 21.2. The van der Waals surface area contributed by atoms with E-state index in [0.29, 0.717) is 5.56 Å². The molecule has 0 aliphatic carbocycles. The van der Waals surface area contributed by atoms with Gasteiger partial charge in [0.1, 0.15) is 18.1 Å². The van der Waals surface area contributed by atoms with Crippen molar-refractivity contribution in [3.8, 4) is 0 Å². The van der Waals surface area contributed by atoms with Crippen molar-refractivity contribution in [2.24, 2.45) is 5.41 Å². The molecule has 28 heavy (non-hydrogen) atoms. The molecule has 156 valence electrons. The Kier molecular flexibility index (Phi) is 6.24. The molecule has 0 bridgehead atoms. The lowest BCUT2D eigenvalue weighted by Crippen LogP contribution is -2.45. The zero-order valence-corrected chi connectivity index (χ0v) is 15.5. The van der Waals surface area contributed by atoms with Crippen LogP contribution in [-0.2, 0) is 30.4 Å². The minimum atomic E-state index is -6.04. The summed E-state index contributed by atoms with van der Waals surface area (Å²) in [5.41, 5.74) is -7.10. The fourth-order valence-electron chi connectivity index (χ4n) is 2.86. The first kappa shape index (κ1) is 22.0. The van der Waals surface area contributed by atoms with E-state index in [2.05, 4.69) is 4.18 Å². The Morgan fingerprint density at radius 3 is 2.39 bits per heavy atom. The molecule has 1 aliphatic rings. The number of carboxylic acids is 1. The van der Waals surface area contributed by atoms with Gasteiger partial charge in [0.05, 0.1) is 6.54 Å². The lowest BCUT2D eigenvalue weighted by Gasteiger charge is -2.28. The van der Waals surface area contributed by atoms with Gasteiger partial charge in [-0.15, -0.1) is 0 Å². The number of halogens is 3. The molecule has 1 fully saturated rings. The van der Waals surface area contributed by atoms with Crippen LogP contribution in [0.4, 0.5) is 18.0 Å². The molecule has 2 unspecified atom stereocenters. The molecule has 1 heterocycles.